The number of amides is 1. The van der Waals surface area contributed by atoms with E-state index in [0.717, 1.165) is 5.56 Å². The molecule has 0 saturated carbocycles. The molecule has 1 saturated heterocycles. The van der Waals surface area contributed by atoms with E-state index in [0.29, 0.717) is 23.6 Å². The first-order valence-corrected chi connectivity index (χ1v) is 8.59. The lowest BCUT2D eigenvalue weighted by molar-refractivity contribution is -0.127. The lowest BCUT2D eigenvalue weighted by Crippen LogP contribution is -2.43. The summed E-state index contributed by atoms with van der Waals surface area (Å²) >= 11 is 5.90. The second kappa shape index (κ2) is 4.93. The van der Waals surface area contributed by atoms with Crippen molar-refractivity contribution in [2.45, 2.75) is 25.0 Å². The van der Waals surface area contributed by atoms with Crippen molar-refractivity contribution < 1.29 is 17.9 Å². The summed E-state index contributed by atoms with van der Waals surface area (Å²) in [5, 5.41) is 3.36. The van der Waals surface area contributed by atoms with E-state index in [4.69, 9.17) is 16.3 Å². The number of benzene rings is 1. The Labute approximate surface area is 122 Å². The van der Waals surface area contributed by atoms with Gasteiger partial charge in [-0.3, -0.25) is 4.79 Å². The fourth-order valence-corrected chi connectivity index (χ4v) is 4.43. The molecule has 2 aliphatic heterocycles. The summed E-state index contributed by atoms with van der Waals surface area (Å²) < 4.78 is 28.3. The van der Waals surface area contributed by atoms with E-state index in [1.807, 2.05) is 0 Å². The molecule has 0 aromatic heterocycles. The fourth-order valence-electron chi connectivity index (χ4n) is 2.57. The van der Waals surface area contributed by atoms with Crippen molar-refractivity contribution in [2.75, 3.05) is 11.5 Å². The highest BCUT2D eigenvalue weighted by atomic mass is 35.5. The van der Waals surface area contributed by atoms with Crippen LogP contribution < -0.4 is 10.1 Å². The van der Waals surface area contributed by atoms with Crippen LogP contribution in [0.2, 0.25) is 5.02 Å². The number of carbonyl (C=O) groups excluding carboxylic acids is 1. The van der Waals surface area contributed by atoms with Gasteiger partial charge in [-0.05, 0) is 30.2 Å². The van der Waals surface area contributed by atoms with Crippen molar-refractivity contribution in [1.29, 1.82) is 0 Å². The van der Waals surface area contributed by atoms with Crippen LogP contribution in [0.1, 0.15) is 12.0 Å². The van der Waals surface area contributed by atoms with Crippen LogP contribution in [0.3, 0.4) is 0 Å². The molecule has 1 amide bonds. The van der Waals surface area contributed by atoms with Gasteiger partial charge in [0.15, 0.2) is 15.9 Å². The van der Waals surface area contributed by atoms with Gasteiger partial charge in [0.2, 0.25) is 0 Å². The Morgan fingerprint density at radius 2 is 2.20 bits per heavy atom. The molecule has 0 spiro atoms. The molecule has 7 heteroatoms. The third-order valence-electron chi connectivity index (χ3n) is 3.57. The van der Waals surface area contributed by atoms with Crippen LogP contribution in [0, 0.1) is 0 Å². The molecule has 2 heterocycles. The van der Waals surface area contributed by atoms with Gasteiger partial charge in [0, 0.05) is 17.5 Å². The summed E-state index contributed by atoms with van der Waals surface area (Å²) in [5.74, 6) is 0.553. The zero-order valence-electron chi connectivity index (χ0n) is 10.6. The molecule has 108 valence electrons. The van der Waals surface area contributed by atoms with Gasteiger partial charge in [-0.1, -0.05) is 11.6 Å². The molecule has 0 radical (unpaired) electrons. The van der Waals surface area contributed by atoms with Crippen molar-refractivity contribution in [3.63, 3.8) is 0 Å². The second-order valence-electron chi connectivity index (χ2n) is 5.17. The molecule has 2 atom stereocenters. The van der Waals surface area contributed by atoms with E-state index < -0.39 is 15.9 Å². The van der Waals surface area contributed by atoms with Gasteiger partial charge >= 0.3 is 0 Å². The zero-order chi connectivity index (χ0) is 14.3. The minimum absolute atomic E-state index is 0.0181. The predicted octanol–water partition coefficient (Wildman–Crippen LogP) is 0.947. The zero-order valence-corrected chi connectivity index (χ0v) is 12.2. The summed E-state index contributed by atoms with van der Waals surface area (Å²) in [4.78, 5) is 12.1. The molecule has 3 rings (SSSR count). The number of ether oxygens (including phenoxy) is 1. The van der Waals surface area contributed by atoms with Gasteiger partial charge in [0.1, 0.15) is 5.75 Å². The largest absolute Gasteiger partial charge is 0.480 e. The van der Waals surface area contributed by atoms with Crippen LogP contribution in [0.15, 0.2) is 18.2 Å². The van der Waals surface area contributed by atoms with Crippen LogP contribution in [0.5, 0.6) is 5.75 Å². The van der Waals surface area contributed by atoms with E-state index in [1.54, 1.807) is 18.2 Å². The standard InChI is InChI=1S/C13H14ClNO4S/c14-9-1-2-11-8(5-9)6-12(19-11)13(16)15-10-3-4-20(17,18)7-10/h1-2,5,10,12H,3-4,6-7H2,(H,15,16)/t10-,12-/m1/s1. The molecule has 20 heavy (non-hydrogen) atoms. The molecule has 2 aliphatic rings. The summed E-state index contributed by atoms with van der Waals surface area (Å²) in [5.41, 5.74) is 0.900. The molecule has 1 aromatic carbocycles. The second-order valence-corrected chi connectivity index (χ2v) is 7.84. The highest BCUT2D eigenvalue weighted by molar-refractivity contribution is 7.91. The van der Waals surface area contributed by atoms with Crippen molar-refractivity contribution in [2.24, 2.45) is 0 Å². The van der Waals surface area contributed by atoms with Gasteiger partial charge in [0.25, 0.3) is 5.91 Å². The Balaban J connectivity index is 1.63. The predicted molar refractivity (Wildman–Crippen MR) is 74.8 cm³/mol. The Morgan fingerprint density at radius 1 is 1.40 bits per heavy atom. The van der Waals surface area contributed by atoms with Crippen molar-refractivity contribution in [3.05, 3.63) is 28.8 Å². The lowest BCUT2D eigenvalue weighted by Gasteiger charge is -2.15. The van der Waals surface area contributed by atoms with Crippen molar-refractivity contribution in [1.82, 2.24) is 5.32 Å². The summed E-state index contributed by atoms with van der Waals surface area (Å²) in [7, 11) is -3.00. The topological polar surface area (TPSA) is 72.5 Å². The van der Waals surface area contributed by atoms with E-state index in [1.165, 1.54) is 0 Å². The normalized spacial score (nSPS) is 26.9. The lowest BCUT2D eigenvalue weighted by atomic mass is 10.1. The van der Waals surface area contributed by atoms with E-state index in [9.17, 15) is 13.2 Å². The van der Waals surface area contributed by atoms with E-state index in [-0.39, 0.29) is 23.5 Å². The number of fused-ring (bicyclic) bond motifs is 1. The van der Waals surface area contributed by atoms with Crippen LogP contribution in [0.25, 0.3) is 0 Å². The van der Waals surface area contributed by atoms with Crippen molar-refractivity contribution in [3.8, 4) is 5.75 Å². The Bertz CT molecular complexity index is 658. The number of sulfone groups is 1. The number of hydrogen-bond donors (Lipinski definition) is 1. The molecule has 0 aliphatic carbocycles. The van der Waals surface area contributed by atoms with Crippen LogP contribution >= 0.6 is 11.6 Å². The summed E-state index contributed by atoms with van der Waals surface area (Å²) in [6.45, 7) is 0. The first-order valence-electron chi connectivity index (χ1n) is 6.39. The van der Waals surface area contributed by atoms with E-state index >= 15 is 0 Å². The molecule has 1 N–H and O–H groups in total. The summed E-state index contributed by atoms with van der Waals surface area (Å²) in [6, 6.07) is 4.93. The average molecular weight is 316 g/mol. The SMILES string of the molecule is O=C(N[C@@H]1CCS(=O)(=O)C1)[C@H]1Cc2cc(Cl)ccc2O1. The van der Waals surface area contributed by atoms with Crippen molar-refractivity contribution >= 4 is 27.3 Å². The van der Waals surface area contributed by atoms with Crippen LogP contribution in [-0.2, 0) is 21.1 Å². The first kappa shape index (κ1) is 13.7. The Hall–Kier alpha value is -1.27. The maximum absolute atomic E-state index is 12.1. The minimum atomic E-state index is -3.00. The molecular weight excluding hydrogens is 302 g/mol. The van der Waals surface area contributed by atoms with Gasteiger partial charge in [-0.15, -0.1) is 0 Å². The van der Waals surface area contributed by atoms with Gasteiger partial charge in [-0.2, -0.15) is 0 Å². The summed E-state index contributed by atoms with van der Waals surface area (Å²) in [6.07, 6.45) is 0.326. The maximum Gasteiger partial charge on any atom is 0.261 e. The third kappa shape index (κ3) is 2.76. The average Bonchev–Trinajstić information content (AvgIpc) is 2.92. The number of halogens is 1. The molecule has 0 bridgehead atoms. The molecule has 1 fully saturated rings. The van der Waals surface area contributed by atoms with Gasteiger partial charge in [0.05, 0.1) is 11.5 Å². The fraction of sp³-hybridized carbons (Fsp3) is 0.462. The monoisotopic (exact) mass is 315 g/mol. The van der Waals surface area contributed by atoms with Gasteiger partial charge < -0.3 is 10.1 Å². The Kier molecular flexibility index (Phi) is 3.38. The molecule has 1 aromatic rings. The van der Waals surface area contributed by atoms with Crippen LogP contribution in [0.4, 0.5) is 0 Å². The highest BCUT2D eigenvalue weighted by Gasteiger charge is 2.34. The maximum atomic E-state index is 12.1. The molecule has 0 unspecified atom stereocenters. The molecular formula is C13H14ClNO4S. The smallest absolute Gasteiger partial charge is 0.261 e. The number of rotatable bonds is 2. The molecule has 5 nitrogen and oxygen atoms in total. The minimum Gasteiger partial charge on any atom is -0.480 e. The number of nitrogens with one attached hydrogen (secondary N) is 1. The highest BCUT2D eigenvalue weighted by Crippen LogP contribution is 2.31. The Morgan fingerprint density at radius 3 is 2.90 bits per heavy atom. The van der Waals surface area contributed by atoms with Crippen LogP contribution in [-0.4, -0.2) is 38.0 Å². The first-order chi connectivity index (χ1) is 9.43. The number of carbonyl (C=O) groups is 1. The van der Waals surface area contributed by atoms with Gasteiger partial charge in [-0.25, -0.2) is 8.42 Å². The van der Waals surface area contributed by atoms with E-state index in [2.05, 4.69) is 5.32 Å². The number of hydrogen-bond acceptors (Lipinski definition) is 4. The quantitative estimate of drug-likeness (QED) is 0.882. The third-order valence-corrected chi connectivity index (χ3v) is 5.57.